The van der Waals surface area contributed by atoms with Crippen LogP contribution in [0.3, 0.4) is 0 Å². The summed E-state index contributed by atoms with van der Waals surface area (Å²) < 4.78 is 0. The summed E-state index contributed by atoms with van der Waals surface area (Å²) in [5.41, 5.74) is 3.34. The molecule has 8 nitrogen and oxygen atoms in total. The Morgan fingerprint density at radius 3 is 2.75 bits per heavy atom. The lowest BCUT2D eigenvalue weighted by Gasteiger charge is -2.49. The van der Waals surface area contributed by atoms with Crippen molar-refractivity contribution < 1.29 is 9.72 Å². The van der Waals surface area contributed by atoms with Gasteiger partial charge < -0.3 is 15.1 Å². The number of nitrogens with one attached hydrogen (secondary N) is 1. The average molecular weight is 434 g/mol. The molecule has 1 fully saturated rings. The number of hydrogen-bond donors (Lipinski definition) is 1. The van der Waals surface area contributed by atoms with E-state index < -0.39 is 4.92 Å². The van der Waals surface area contributed by atoms with Gasteiger partial charge in [-0.15, -0.1) is 0 Å². The number of nitro groups is 1. The van der Waals surface area contributed by atoms with Gasteiger partial charge in [0.1, 0.15) is 6.07 Å². The molecule has 8 heteroatoms. The summed E-state index contributed by atoms with van der Waals surface area (Å²) in [6.07, 6.45) is 0.454. The predicted octanol–water partition coefficient (Wildman–Crippen LogP) is 3.11. The zero-order valence-electron chi connectivity index (χ0n) is 18.3. The number of non-ortho nitro benzene ring substituents is 1. The Balaban J connectivity index is 1.68. The fourth-order valence-electron chi connectivity index (χ4n) is 4.72. The number of nitrogens with zero attached hydrogens (tertiary/aromatic N) is 4. The molecule has 4 rings (SSSR count). The Bertz CT molecular complexity index is 1080. The van der Waals surface area contributed by atoms with Gasteiger partial charge in [0, 0.05) is 44.0 Å². The highest BCUT2D eigenvalue weighted by Gasteiger charge is 2.42. The van der Waals surface area contributed by atoms with Crippen LogP contribution in [-0.4, -0.2) is 43.1 Å². The Hall–Kier alpha value is -3.60. The van der Waals surface area contributed by atoms with Gasteiger partial charge in [0.2, 0.25) is 5.91 Å². The molecule has 1 amide bonds. The second kappa shape index (κ2) is 8.87. The second-order valence-electron chi connectivity index (χ2n) is 8.86. The number of piperazine rings is 1. The van der Waals surface area contributed by atoms with Crippen molar-refractivity contribution in [2.75, 3.05) is 36.0 Å². The van der Waals surface area contributed by atoms with E-state index in [4.69, 9.17) is 0 Å². The van der Waals surface area contributed by atoms with E-state index in [9.17, 15) is 20.2 Å². The third kappa shape index (κ3) is 4.11. The van der Waals surface area contributed by atoms with Gasteiger partial charge in [0.05, 0.1) is 28.1 Å². The first-order valence-corrected chi connectivity index (χ1v) is 10.9. The average Bonchev–Trinajstić information content (AvgIpc) is 2.81. The van der Waals surface area contributed by atoms with Crippen molar-refractivity contribution in [3.05, 3.63) is 63.7 Å². The first-order valence-electron chi connectivity index (χ1n) is 10.9. The maximum atomic E-state index is 13.2. The number of carbonyl (C=O) groups is 1. The number of nitriles is 1. The van der Waals surface area contributed by atoms with Crippen molar-refractivity contribution in [3.63, 3.8) is 0 Å². The van der Waals surface area contributed by atoms with Crippen molar-refractivity contribution in [2.45, 2.75) is 26.3 Å². The van der Waals surface area contributed by atoms with Gasteiger partial charge in [-0.1, -0.05) is 26.0 Å². The van der Waals surface area contributed by atoms with Crippen molar-refractivity contribution in [3.8, 4) is 6.07 Å². The summed E-state index contributed by atoms with van der Waals surface area (Å²) in [7, 11) is 0. The number of amides is 1. The second-order valence-corrected chi connectivity index (χ2v) is 8.86. The smallest absolute Gasteiger partial charge is 0.269 e. The minimum Gasteiger partial charge on any atom is -0.367 e. The van der Waals surface area contributed by atoms with Crippen molar-refractivity contribution >= 4 is 23.0 Å². The summed E-state index contributed by atoms with van der Waals surface area (Å²) in [5, 5.41) is 23.9. The number of anilines is 2. The van der Waals surface area contributed by atoms with Gasteiger partial charge >= 0.3 is 0 Å². The van der Waals surface area contributed by atoms with Crippen LogP contribution in [0.5, 0.6) is 0 Å². The third-order valence-electron chi connectivity index (χ3n) is 6.29. The number of hydrogen-bond acceptors (Lipinski definition) is 6. The van der Waals surface area contributed by atoms with Crippen molar-refractivity contribution in [1.82, 2.24) is 5.32 Å². The predicted molar refractivity (Wildman–Crippen MR) is 123 cm³/mol. The summed E-state index contributed by atoms with van der Waals surface area (Å²) in [6, 6.07) is 14.7. The lowest BCUT2D eigenvalue weighted by atomic mass is 9.83. The van der Waals surface area contributed by atoms with Gasteiger partial charge in [0.25, 0.3) is 5.69 Å². The maximum Gasteiger partial charge on any atom is 0.269 e. The molecule has 32 heavy (non-hydrogen) atoms. The highest BCUT2D eigenvalue weighted by atomic mass is 16.6. The minimum absolute atomic E-state index is 0.0266. The molecule has 0 aromatic heterocycles. The highest BCUT2D eigenvalue weighted by molar-refractivity contribution is 5.82. The van der Waals surface area contributed by atoms with Crippen LogP contribution in [-0.2, 0) is 11.2 Å². The van der Waals surface area contributed by atoms with Crippen LogP contribution in [0.25, 0.3) is 0 Å². The molecule has 2 heterocycles. The Kier molecular flexibility index (Phi) is 5.99. The van der Waals surface area contributed by atoms with E-state index >= 15 is 0 Å². The van der Waals surface area contributed by atoms with Crippen molar-refractivity contribution in [1.29, 1.82) is 5.26 Å². The normalized spacial score (nSPS) is 19.7. The van der Waals surface area contributed by atoms with Crippen LogP contribution in [0.2, 0.25) is 0 Å². The number of rotatable bonds is 5. The van der Waals surface area contributed by atoms with Gasteiger partial charge in [-0.3, -0.25) is 14.9 Å². The molecule has 0 spiro atoms. The molecule has 2 aromatic carbocycles. The number of carbonyl (C=O) groups excluding carboxylic acids is 1. The van der Waals surface area contributed by atoms with E-state index in [2.05, 4.69) is 21.2 Å². The molecule has 166 valence electrons. The van der Waals surface area contributed by atoms with Crippen LogP contribution in [0.15, 0.2) is 42.5 Å². The molecule has 1 N–H and O–H groups in total. The van der Waals surface area contributed by atoms with E-state index in [-0.39, 0.29) is 23.6 Å². The number of fused-ring (bicyclic) bond motifs is 3. The van der Waals surface area contributed by atoms with E-state index in [1.165, 1.54) is 6.07 Å². The zero-order valence-corrected chi connectivity index (χ0v) is 18.3. The molecular formula is C24H27N5O3. The van der Waals surface area contributed by atoms with Crippen LogP contribution in [0, 0.1) is 33.3 Å². The summed E-state index contributed by atoms with van der Waals surface area (Å²) in [6.45, 7) is 6.66. The van der Waals surface area contributed by atoms with Crippen LogP contribution in [0.4, 0.5) is 17.1 Å². The van der Waals surface area contributed by atoms with Gasteiger partial charge in [-0.2, -0.15) is 5.26 Å². The van der Waals surface area contributed by atoms with Gasteiger partial charge in [-0.05, 0) is 36.1 Å². The molecule has 0 bridgehead atoms. The van der Waals surface area contributed by atoms with E-state index in [0.717, 1.165) is 16.9 Å². The van der Waals surface area contributed by atoms with Crippen LogP contribution >= 0.6 is 0 Å². The fourth-order valence-corrected chi connectivity index (χ4v) is 4.72. The molecule has 0 saturated carbocycles. The fraction of sp³-hybridized carbons (Fsp3) is 0.417. The number of para-hydroxylation sites is 1. The summed E-state index contributed by atoms with van der Waals surface area (Å²) in [4.78, 5) is 28.5. The summed E-state index contributed by atoms with van der Waals surface area (Å²) in [5.74, 6) is -0.0287. The molecule has 2 aliphatic rings. The van der Waals surface area contributed by atoms with Gasteiger partial charge in [0.15, 0.2) is 0 Å². The molecule has 2 aromatic rings. The minimum atomic E-state index is -0.392. The Morgan fingerprint density at radius 1 is 1.25 bits per heavy atom. The topological polar surface area (TPSA) is 103 Å². The third-order valence-corrected chi connectivity index (χ3v) is 6.29. The highest BCUT2D eigenvalue weighted by Crippen LogP contribution is 2.39. The SMILES string of the molecule is CC(C)CNC(=O)[C@H]1Cc2cc([N+](=O)[O-])ccc2N2CCN(c3ccccc3C#N)C[C@H]12. The first kappa shape index (κ1) is 21.6. The zero-order chi connectivity index (χ0) is 22.8. The molecule has 2 atom stereocenters. The quantitative estimate of drug-likeness (QED) is 0.574. The first-order chi connectivity index (χ1) is 15.4. The monoisotopic (exact) mass is 433 g/mol. The molecule has 1 saturated heterocycles. The van der Waals surface area contributed by atoms with Crippen LogP contribution in [0.1, 0.15) is 25.0 Å². The summed E-state index contributed by atoms with van der Waals surface area (Å²) >= 11 is 0. The molecule has 0 unspecified atom stereocenters. The van der Waals surface area contributed by atoms with E-state index in [1.807, 2.05) is 44.2 Å². The lowest BCUT2D eigenvalue weighted by Crippen LogP contribution is -2.61. The molecular weight excluding hydrogens is 406 g/mol. The van der Waals surface area contributed by atoms with E-state index in [1.54, 1.807) is 6.07 Å². The van der Waals surface area contributed by atoms with Gasteiger partial charge in [-0.25, -0.2) is 0 Å². The number of nitro benzene ring substituents is 1. The maximum absolute atomic E-state index is 13.2. The standard InChI is InChI=1S/C24H27N5O3/c1-16(2)14-26-24(30)20-12-18-11-19(29(31)32)7-8-22(18)28-10-9-27(15-23(20)28)21-6-4-3-5-17(21)13-25/h3-8,11,16,20,23H,9-10,12,14-15H2,1-2H3,(H,26,30)/t20-,23+/m0/s1. The Morgan fingerprint density at radius 2 is 2.03 bits per heavy atom. The largest absolute Gasteiger partial charge is 0.367 e. The molecule has 0 aliphatic carbocycles. The van der Waals surface area contributed by atoms with Crippen LogP contribution < -0.4 is 15.1 Å². The Labute approximate surface area is 187 Å². The number of benzene rings is 2. The molecule has 0 radical (unpaired) electrons. The van der Waals surface area contributed by atoms with E-state index in [0.29, 0.717) is 44.1 Å². The van der Waals surface area contributed by atoms with Crippen molar-refractivity contribution in [2.24, 2.45) is 11.8 Å². The lowest BCUT2D eigenvalue weighted by molar-refractivity contribution is -0.384. The molecule has 2 aliphatic heterocycles.